The summed E-state index contributed by atoms with van der Waals surface area (Å²) in [6.45, 7) is 2.78. The molecule has 1 fully saturated rings. The van der Waals surface area contributed by atoms with Crippen LogP contribution in [0.3, 0.4) is 0 Å². The number of nitrogens with two attached hydrogens (primary N) is 1. The molecule has 0 saturated carbocycles. The van der Waals surface area contributed by atoms with E-state index in [1.807, 2.05) is 0 Å². The lowest BCUT2D eigenvalue weighted by atomic mass is 10.1. The predicted molar refractivity (Wildman–Crippen MR) is 93.6 cm³/mol. The van der Waals surface area contributed by atoms with E-state index in [4.69, 9.17) is 45.3 Å². The minimum absolute atomic E-state index is 0.196. The van der Waals surface area contributed by atoms with Crippen molar-refractivity contribution in [2.24, 2.45) is 0 Å². The maximum Gasteiger partial charge on any atom is 0.354 e. The Morgan fingerprint density at radius 3 is 1.79 bits per heavy atom. The average Bonchev–Trinajstić information content (AvgIpc) is 2.81. The summed E-state index contributed by atoms with van der Waals surface area (Å²) in [7, 11) is 0. The second-order valence-electron chi connectivity index (χ2n) is 5.19. The van der Waals surface area contributed by atoms with Gasteiger partial charge in [-0.1, -0.05) is 0 Å². The highest BCUT2D eigenvalue weighted by molar-refractivity contribution is 5.63. The van der Waals surface area contributed by atoms with Crippen LogP contribution in [0.2, 0.25) is 0 Å². The second-order valence-corrected chi connectivity index (χ2v) is 5.19. The number of hydrogen-bond donors (Lipinski definition) is 7. The minimum Gasteiger partial charge on any atom is -0.481 e. The summed E-state index contributed by atoms with van der Waals surface area (Å²) in [5.41, 5.74) is 4.46. The van der Waals surface area contributed by atoms with Gasteiger partial charge in [0.1, 0.15) is 24.6 Å². The van der Waals surface area contributed by atoms with Crippen molar-refractivity contribution in [3.63, 3.8) is 0 Å². The van der Waals surface area contributed by atoms with E-state index in [0.29, 0.717) is 0 Å². The number of nitrogen functional groups attached to an aromatic ring is 1. The molecular weight excluding hydrogens is 400 g/mol. The molecule has 0 radical (unpaired) electrons. The fraction of sp³-hybridized carbons (Fsp3) is 0.571. The Balaban J connectivity index is 0. The standard InChI is InChI=1S/C8H12N4O5.3C2H4O2/c9-7-10-2-12(8(16)11-7)6-5(15)4(14)3(1-13)17-6;3*1-2(3)4/h2-6,13-15H,1H2,(H2,9,11,16);3*1H3,(H,3,4)/t3-,4-,5-,6-;;;/m1.../s1. The highest BCUT2D eigenvalue weighted by atomic mass is 16.6. The number of aliphatic hydroxyl groups is 3. The summed E-state index contributed by atoms with van der Waals surface area (Å²) in [5, 5.41) is 50.3. The molecule has 8 N–H and O–H groups in total. The van der Waals surface area contributed by atoms with Crippen LogP contribution in [0.25, 0.3) is 0 Å². The highest BCUT2D eigenvalue weighted by Gasteiger charge is 2.43. The van der Waals surface area contributed by atoms with Gasteiger partial charge in [0.2, 0.25) is 5.95 Å². The fourth-order valence-corrected chi connectivity index (χ4v) is 1.64. The van der Waals surface area contributed by atoms with Crippen molar-refractivity contribution in [2.75, 3.05) is 12.3 Å². The molecule has 0 aliphatic carbocycles. The molecule has 1 aliphatic rings. The van der Waals surface area contributed by atoms with Crippen LogP contribution in [0.4, 0.5) is 5.95 Å². The molecule has 15 nitrogen and oxygen atoms in total. The Morgan fingerprint density at radius 2 is 1.48 bits per heavy atom. The normalized spacial score (nSPS) is 21.9. The van der Waals surface area contributed by atoms with Crippen molar-refractivity contribution in [1.82, 2.24) is 14.5 Å². The molecule has 0 aromatic carbocycles. The molecule has 15 heteroatoms. The highest BCUT2D eigenvalue weighted by Crippen LogP contribution is 2.27. The van der Waals surface area contributed by atoms with Crippen molar-refractivity contribution in [1.29, 1.82) is 0 Å². The molecule has 1 aromatic rings. The quantitative estimate of drug-likeness (QED) is 0.251. The molecule has 0 spiro atoms. The van der Waals surface area contributed by atoms with E-state index < -0.39 is 54.7 Å². The number of hydrogen-bond acceptors (Lipinski definition) is 11. The Morgan fingerprint density at radius 1 is 1.07 bits per heavy atom. The minimum atomic E-state index is -1.35. The van der Waals surface area contributed by atoms with Gasteiger partial charge in [-0.15, -0.1) is 0 Å². The summed E-state index contributed by atoms with van der Waals surface area (Å²) in [6.07, 6.45) is -3.67. The molecule has 29 heavy (non-hydrogen) atoms. The van der Waals surface area contributed by atoms with E-state index in [0.717, 1.165) is 31.7 Å². The third kappa shape index (κ3) is 12.8. The van der Waals surface area contributed by atoms with Crippen LogP contribution in [0.1, 0.15) is 27.0 Å². The van der Waals surface area contributed by atoms with Crippen molar-refractivity contribution >= 4 is 23.9 Å². The van der Waals surface area contributed by atoms with Gasteiger partial charge in [0.15, 0.2) is 6.23 Å². The van der Waals surface area contributed by atoms with Gasteiger partial charge >= 0.3 is 5.69 Å². The molecule has 0 bridgehead atoms. The van der Waals surface area contributed by atoms with E-state index in [1.54, 1.807) is 0 Å². The monoisotopic (exact) mass is 424 g/mol. The van der Waals surface area contributed by atoms with Gasteiger partial charge in [-0.25, -0.2) is 9.78 Å². The van der Waals surface area contributed by atoms with Crippen LogP contribution in [0.5, 0.6) is 0 Å². The van der Waals surface area contributed by atoms with E-state index in [9.17, 15) is 15.0 Å². The third-order valence-electron chi connectivity index (χ3n) is 2.54. The molecule has 2 heterocycles. The van der Waals surface area contributed by atoms with Gasteiger partial charge in [-0.2, -0.15) is 4.98 Å². The number of aliphatic carboxylic acids is 3. The zero-order chi connectivity index (χ0) is 23.3. The van der Waals surface area contributed by atoms with Gasteiger partial charge in [0.05, 0.1) is 6.61 Å². The van der Waals surface area contributed by atoms with Gasteiger partial charge in [0, 0.05) is 20.8 Å². The Bertz CT molecular complexity index is 683. The van der Waals surface area contributed by atoms with E-state index in [2.05, 4.69) is 9.97 Å². The summed E-state index contributed by atoms with van der Waals surface area (Å²) >= 11 is 0. The zero-order valence-corrected chi connectivity index (χ0v) is 15.7. The maximum absolute atomic E-state index is 11.5. The molecular formula is C14H24N4O11. The molecule has 1 saturated heterocycles. The van der Waals surface area contributed by atoms with Crippen molar-refractivity contribution < 1.29 is 49.8 Å². The smallest absolute Gasteiger partial charge is 0.354 e. The number of rotatable bonds is 2. The Hall–Kier alpha value is -3.14. The van der Waals surface area contributed by atoms with E-state index >= 15 is 0 Å². The first kappa shape index (κ1) is 28.1. The van der Waals surface area contributed by atoms with Crippen LogP contribution in [0.15, 0.2) is 11.1 Å². The van der Waals surface area contributed by atoms with Crippen LogP contribution >= 0.6 is 0 Å². The lowest BCUT2D eigenvalue weighted by Gasteiger charge is -2.16. The van der Waals surface area contributed by atoms with Crippen LogP contribution < -0.4 is 11.4 Å². The lowest BCUT2D eigenvalue weighted by Crippen LogP contribution is -2.36. The second kappa shape index (κ2) is 13.9. The number of carboxylic acids is 3. The number of ether oxygens (including phenoxy) is 1. The topological polar surface area (TPSA) is 256 Å². The third-order valence-corrected chi connectivity index (χ3v) is 2.54. The summed E-state index contributed by atoms with van der Waals surface area (Å²) in [6, 6.07) is 0. The summed E-state index contributed by atoms with van der Waals surface area (Å²) in [4.78, 5) is 45.4. The summed E-state index contributed by atoms with van der Waals surface area (Å²) < 4.78 is 6.04. The van der Waals surface area contributed by atoms with Crippen LogP contribution in [0, 0.1) is 0 Å². The first-order chi connectivity index (χ1) is 13.2. The number of aromatic nitrogens is 3. The molecule has 4 atom stereocenters. The average molecular weight is 424 g/mol. The van der Waals surface area contributed by atoms with Crippen LogP contribution in [-0.2, 0) is 19.1 Å². The number of carbonyl (C=O) groups is 3. The Labute approximate surface area is 163 Å². The SMILES string of the molecule is CC(=O)O.CC(=O)O.CC(=O)O.Nc1ncn([C@@H]2O[C@H](CO)[C@@H](O)[C@H]2O)c(=O)n1. The molecule has 1 aliphatic heterocycles. The van der Waals surface area contributed by atoms with Gasteiger partial charge in [-0.05, 0) is 0 Å². The predicted octanol–water partition coefficient (Wildman–Crippen LogP) is -2.90. The van der Waals surface area contributed by atoms with Crippen molar-refractivity contribution in [3.05, 3.63) is 16.8 Å². The van der Waals surface area contributed by atoms with Gasteiger partial charge in [0.25, 0.3) is 17.9 Å². The lowest BCUT2D eigenvalue weighted by molar-refractivity contribution is -0.135. The number of anilines is 1. The number of carboxylic acid groups (broad SMARTS) is 3. The van der Waals surface area contributed by atoms with Crippen molar-refractivity contribution in [2.45, 2.75) is 45.3 Å². The van der Waals surface area contributed by atoms with Crippen molar-refractivity contribution in [3.8, 4) is 0 Å². The first-order valence-corrected chi connectivity index (χ1v) is 7.66. The molecule has 1 aromatic heterocycles. The first-order valence-electron chi connectivity index (χ1n) is 7.66. The summed E-state index contributed by atoms with van der Waals surface area (Å²) in [5.74, 6) is -2.70. The Kier molecular flexibility index (Phi) is 13.5. The van der Waals surface area contributed by atoms with E-state index in [1.165, 1.54) is 0 Å². The van der Waals surface area contributed by atoms with Gasteiger partial charge < -0.3 is 41.1 Å². The number of aliphatic hydroxyl groups excluding tert-OH is 3. The molecule has 2 rings (SSSR count). The zero-order valence-electron chi connectivity index (χ0n) is 15.7. The van der Waals surface area contributed by atoms with E-state index in [-0.39, 0.29) is 5.95 Å². The number of nitrogens with zero attached hydrogens (tertiary/aromatic N) is 3. The van der Waals surface area contributed by atoms with Crippen LogP contribution in [-0.4, -0.2) is 88.0 Å². The molecule has 166 valence electrons. The fourth-order valence-electron chi connectivity index (χ4n) is 1.64. The molecule has 0 unspecified atom stereocenters. The molecule has 0 amide bonds. The largest absolute Gasteiger partial charge is 0.481 e. The van der Waals surface area contributed by atoms with Gasteiger partial charge in [-0.3, -0.25) is 19.0 Å². The maximum atomic E-state index is 11.5.